The Balaban J connectivity index is 2.25. The third-order valence-corrected chi connectivity index (χ3v) is 3.31. The molecule has 3 aliphatic rings. The summed E-state index contributed by atoms with van der Waals surface area (Å²) in [6, 6.07) is -1.53. The molecule has 5 heteroatoms. The Morgan fingerprint density at radius 2 is 1.93 bits per heavy atom. The molecule has 0 saturated carbocycles. The van der Waals surface area contributed by atoms with Crippen molar-refractivity contribution in [2.45, 2.75) is 57.1 Å². The molecule has 3 aliphatic heterocycles. The SMILES string of the molecule is CC(C)N1C2CCC(OC2)[C@H]1C(F)(F)F. The number of piperidine rings is 1. The van der Waals surface area contributed by atoms with Gasteiger partial charge in [0.1, 0.15) is 6.04 Å². The Morgan fingerprint density at radius 3 is 2.27 bits per heavy atom. The van der Waals surface area contributed by atoms with E-state index in [9.17, 15) is 13.2 Å². The second-order valence-corrected chi connectivity index (χ2v) is 4.63. The predicted molar refractivity (Wildman–Crippen MR) is 49.6 cm³/mol. The van der Waals surface area contributed by atoms with Gasteiger partial charge in [0, 0.05) is 12.1 Å². The van der Waals surface area contributed by atoms with E-state index in [0.717, 1.165) is 6.42 Å². The molecular formula is C10H16F3NO. The van der Waals surface area contributed by atoms with Crippen LogP contribution in [0.5, 0.6) is 0 Å². The van der Waals surface area contributed by atoms with Crippen LogP contribution in [0.3, 0.4) is 0 Å². The zero-order valence-electron chi connectivity index (χ0n) is 8.92. The van der Waals surface area contributed by atoms with Crippen LogP contribution in [-0.2, 0) is 4.74 Å². The maximum absolute atomic E-state index is 12.9. The van der Waals surface area contributed by atoms with Gasteiger partial charge in [0.15, 0.2) is 0 Å². The summed E-state index contributed by atoms with van der Waals surface area (Å²) in [7, 11) is 0. The summed E-state index contributed by atoms with van der Waals surface area (Å²) in [5.74, 6) is 0. The minimum Gasteiger partial charge on any atom is -0.375 e. The normalized spacial score (nSPS) is 37.6. The van der Waals surface area contributed by atoms with Gasteiger partial charge in [0.2, 0.25) is 0 Å². The van der Waals surface area contributed by atoms with Crippen molar-refractivity contribution >= 4 is 0 Å². The molecule has 2 nitrogen and oxygen atoms in total. The first-order chi connectivity index (χ1) is 6.91. The standard InChI is InChI=1S/C10H16F3NO/c1-6(2)14-7-3-4-8(15-5-7)9(14)10(11,12)13/h6-9H,3-5H2,1-2H3/t7?,8?,9-/m0/s1. The number of nitrogens with zero attached hydrogens (tertiary/aromatic N) is 1. The van der Waals surface area contributed by atoms with Gasteiger partial charge in [-0.15, -0.1) is 0 Å². The molecule has 0 aromatic carbocycles. The number of halogens is 3. The lowest BCUT2D eigenvalue weighted by Gasteiger charge is -2.53. The van der Waals surface area contributed by atoms with Gasteiger partial charge in [0.05, 0.1) is 12.7 Å². The van der Waals surface area contributed by atoms with E-state index in [0.29, 0.717) is 13.0 Å². The maximum Gasteiger partial charge on any atom is 0.406 e. The summed E-state index contributed by atoms with van der Waals surface area (Å²) < 4.78 is 43.9. The molecule has 15 heavy (non-hydrogen) atoms. The summed E-state index contributed by atoms with van der Waals surface area (Å²) in [6.07, 6.45) is -3.46. The largest absolute Gasteiger partial charge is 0.406 e. The van der Waals surface area contributed by atoms with Crippen molar-refractivity contribution in [2.24, 2.45) is 0 Å². The Bertz CT molecular complexity index is 233. The van der Waals surface area contributed by atoms with Crippen molar-refractivity contribution in [3.8, 4) is 0 Å². The fourth-order valence-electron chi connectivity index (χ4n) is 2.78. The molecule has 0 N–H and O–H groups in total. The number of rotatable bonds is 1. The number of alkyl halides is 3. The van der Waals surface area contributed by atoms with Gasteiger partial charge >= 0.3 is 6.18 Å². The predicted octanol–water partition coefficient (Wildman–Crippen LogP) is 2.19. The van der Waals surface area contributed by atoms with Crippen LogP contribution in [0, 0.1) is 0 Å². The molecule has 0 spiro atoms. The molecule has 88 valence electrons. The van der Waals surface area contributed by atoms with Crippen molar-refractivity contribution in [1.29, 1.82) is 0 Å². The van der Waals surface area contributed by atoms with E-state index in [-0.39, 0.29) is 12.1 Å². The highest BCUT2D eigenvalue weighted by Gasteiger charge is 2.56. The third kappa shape index (κ3) is 1.87. The third-order valence-electron chi connectivity index (χ3n) is 3.31. The Kier molecular flexibility index (Phi) is 2.71. The quantitative estimate of drug-likeness (QED) is 0.675. The number of hydrogen-bond donors (Lipinski definition) is 0. The molecule has 2 bridgehead atoms. The number of fused-ring (bicyclic) bond motifs is 3. The average molecular weight is 223 g/mol. The first-order valence-corrected chi connectivity index (χ1v) is 5.37. The van der Waals surface area contributed by atoms with Gasteiger partial charge in [-0.2, -0.15) is 13.2 Å². The molecule has 0 aromatic heterocycles. The molecule has 3 fully saturated rings. The smallest absolute Gasteiger partial charge is 0.375 e. The fraction of sp³-hybridized carbons (Fsp3) is 1.00. The van der Waals surface area contributed by atoms with Crippen molar-refractivity contribution < 1.29 is 17.9 Å². The van der Waals surface area contributed by atoms with E-state index in [2.05, 4.69) is 0 Å². The summed E-state index contributed by atoms with van der Waals surface area (Å²) in [5, 5.41) is 0. The minimum atomic E-state index is -4.17. The van der Waals surface area contributed by atoms with E-state index in [1.807, 2.05) is 13.8 Å². The summed E-state index contributed by atoms with van der Waals surface area (Å²) in [5.41, 5.74) is 0. The topological polar surface area (TPSA) is 12.5 Å². The van der Waals surface area contributed by atoms with Crippen LogP contribution >= 0.6 is 0 Å². The van der Waals surface area contributed by atoms with Crippen molar-refractivity contribution in [1.82, 2.24) is 4.90 Å². The second-order valence-electron chi connectivity index (χ2n) is 4.63. The van der Waals surface area contributed by atoms with Crippen molar-refractivity contribution in [3.05, 3.63) is 0 Å². The van der Waals surface area contributed by atoms with Gasteiger partial charge in [0.25, 0.3) is 0 Å². The van der Waals surface area contributed by atoms with E-state index < -0.39 is 18.3 Å². The van der Waals surface area contributed by atoms with Crippen molar-refractivity contribution in [3.63, 3.8) is 0 Å². The van der Waals surface area contributed by atoms with Crippen molar-refractivity contribution in [2.75, 3.05) is 6.61 Å². The average Bonchev–Trinajstić information content (AvgIpc) is 2.16. The first kappa shape index (κ1) is 11.2. The number of ether oxygens (including phenoxy) is 1. The lowest BCUT2D eigenvalue weighted by molar-refractivity contribution is -0.268. The molecule has 0 amide bonds. The highest BCUT2D eigenvalue weighted by atomic mass is 19.4. The zero-order valence-corrected chi connectivity index (χ0v) is 8.92. The lowest BCUT2D eigenvalue weighted by atomic mass is 9.88. The minimum absolute atomic E-state index is 0.0541. The Morgan fingerprint density at radius 1 is 1.27 bits per heavy atom. The fourth-order valence-corrected chi connectivity index (χ4v) is 2.78. The van der Waals surface area contributed by atoms with Crippen LogP contribution in [0.4, 0.5) is 13.2 Å². The lowest BCUT2D eigenvalue weighted by Crippen LogP contribution is -2.67. The zero-order chi connectivity index (χ0) is 11.2. The molecular weight excluding hydrogens is 207 g/mol. The summed E-state index contributed by atoms with van der Waals surface area (Å²) in [4.78, 5) is 1.58. The summed E-state index contributed by atoms with van der Waals surface area (Å²) >= 11 is 0. The van der Waals surface area contributed by atoms with Gasteiger partial charge in [-0.25, -0.2) is 0 Å². The highest BCUT2D eigenvalue weighted by Crippen LogP contribution is 2.40. The molecule has 3 saturated heterocycles. The van der Waals surface area contributed by atoms with Crippen LogP contribution in [0.15, 0.2) is 0 Å². The molecule has 0 aliphatic carbocycles. The van der Waals surface area contributed by atoms with Gasteiger partial charge in [-0.3, -0.25) is 4.90 Å². The molecule has 3 rings (SSSR count). The first-order valence-electron chi connectivity index (χ1n) is 5.37. The van der Waals surface area contributed by atoms with E-state index in [1.165, 1.54) is 0 Å². The van der Waals surface area contributed by atoms with E-state index in [1.54, 1.807) is 4.90 Å². The van der Waals surface area contributed by atoms with E-state index >= 15 is 0 Å². The van der Waals surface area contributed by atoms with Crippen LogP contribution in [0.2, 0.25) is 0 Å². The molecule has 0 radical (unpaired) electrons. The highest BCUT2D eigenvalue weighted by molar-refractivity contribution is 4.99. The Labute approximate surface area is 87.4 Å². The molecule has 3 atom stereocenters. The number of hydrogen-bond acceptors (Lipinski definition) is 2. The van der Waals surface area contributed by atoms with Crippen LogP contribution in [0.1, 0.15) is 26.7 Å². The van der Waals surface area contributed by atoms with Gasteiger partial charge < -0.3 is 4.74 Å². The van der Waals surface area contributed by atoms with E-state index in [4.69, 9.17) is 4.74 Å². The van der Waals surface area contributed by atoms with Crippen LogP contribution in [0.25, 0.3) is 0 Å². The number of morpholine rings is 1. The molecule has 3 heterocycles. The van der Waals surface area contributed by atoms with Crippen LogP contribution < -0.4 is 0 Å². The van der Waals surface area contributed by atoms with Crippen LogP contribution in [-0.4, -0.2) is 41.9 Å². The monoisotopic (exact) mass is 223 g/mol. The molecule has 0 aromatic rings. The van der Waals surface area contributed by atoms with Gasteiger partial charge in [-0.1, -0.05) is 0 Å². The second kappa shape index (κ2) is 3.63. The maximum atomic E-state index is 12.9. The van der Waals surface area contributed by atoms with Gasteiger partial charge in [-0.05, 0) is 26.7 Å². The molecule has 2 unspecified atom stereocenters. The Hall–Kier alpha value is -0.290. The summed E-state index contributed by atoms with van der Waals surface area (Å²) in [6.45, 7) is 4.09.